The van der Waals surface area contributed by atoms with E-state index in [0.29, 0.717) is 0 Å². The van der Waals surface area contributed by atoms with Crippen LogP contribution in [0.2, 0.25) is 0 Å². The van der Waals surface area contributed by atoms with E-state index < -0.39 is 0 Å². The fourth-order valence-electron chi connectivity index (χ4n) is 1.23. The fraction of sp³-hybridized carbons (Fsp3) is 1.00. The molecular weight excluding hydrogens is 164 g/mol. The van der Waals surface area contributed by atoms with Crippen LogP contribution in [0.4, 0.5) is 0 Å². The molecule has 2 nitrogen and oxygen atoms in total. The summed E-state index contributed by atoms with van der Waals surface area (Å²) in [4.78, 5) is 0. The van der Waals surface area contributed by atoms with Gasteiger partial charge in [-0.15, -0.1) is 0 Å². The third-order valence-corrected chi connectivity index (χ3v) is 1.99. The molecule has 0 aromatic heterocycles. The van der Waals surface area contributed by atoms with Gasteiger partial charge in [-0.05, 0) is 19.3 Å². The smallest absolute Gasteiger partial charge is 0.0466 e. The van der Waals surface area contributed by atoms with E-state index in [9.17, 15) is 0 Å². The molecule has 0 spiro atoms. The molecule has 0 N–H and O–H groups in total. The van der Waals surface area contributed by atoms with Gasteiger partial charge in [0.05, 0.1) is 0 Å². The molecule has 0 aromatic carbocycles. The minimum atomic E-state index is 0.909. The number of ether oxygens (including phenoxy) is 2. The van der Waals surface area contributed by atoms with E-state index in [1.807, 2.05) is 0 Å². The third-order valence-electron chi connectivity index (χ3n) is 1.99. The van der Waals surface area contributed by atoms with Gasteiger partial charge >= 0.3 is 0 Å². The Morgan fingerprint density at radius 3 is 2.00 bits per heavy atom. The van der Waals surface area contributed by atoms with E-state index in [2.05, 4.69) is 6.92 Å². The molecule has 0 unspecified atom stereocenters. The van der Waals surface area contributed by atoms with Crippen molar-refractivity contribution in [2.24, 2.45) is 0 Å². The first kappa shape index (κ1) is 12.9. The van der Waals surface area contributed by atoms with Crippen molar-refractivity contribution in [3.63, 3.8) is 0 Å². The van der Waals surface area contributed by atoms with Gasteiger partial charge < -0.3 is 9.47 Å². The van der Waals surface area contributed by atoms with Crippen molar-refractivity contribution in [3.05, 3.63) is 0 Å². The first-order chi connectivity index (χ1) is 6.41. The Kier molecular flexibility index (Phi) is 11.8. The lowest BCUT2D eigenvalue weighted by atomic mass is 10.1. The monoisotopic (exact) mass is 188 g/mol. The van der Waals surface area contributed by atoms with Crippen LogP contribution in [0.3, 0.4) is 0 Å². The zero-order chi connectivity index (χ0) is 9.78. The van der Waals surface area contributed by atoms with E-state index in [1.165, 1.54) is 32.1 Å². The highest BCUT2D eigenvalue weighted by Crippen LogP contribution is 2.03. The quantitative estimate of drug-likeness (QED) is 0.491. The molecule has 0 aromatic rings. The maximum atomic E-state index is 5.39. The van der Waals surface area contributed by atoms with Crippen LogP contribution in [0, 0.1) is 0 Å². The Balaban J connectivity index is 2.76. The standard InChI is InChI=1S/C11H24O2/c1-3-9-13-11-8-6-4-5-7-10-12-2/h3-11H2,1-2H3. The summed E-state index contributed by atoms with van der Waals surface area (Å²) in [6, 6.07) is 0. The minimum absolute atomic E-state index is 0.909. The zero-order valence-corrected chi connectivity index (χ0v) is 9.18. The van der Waals surface area contributed by atoms with Gasteiger partial charge in [-0.1, -0.05) is 26.2 Å². The van der Waals surface area contributed by atoms with E-state index >= 15 is 0 Å². The van der Waals surface area contributed by atoms with Crippen molar-refractivity contribution in [2.75, 3.05) is 26.9 Å². The average molecular weight is 188 g/mol. The maximum Gasteiger partial charge on any atom is 0.0466 e. The molecule has 2 heteroatoms. The van der Waals surface area contributed by atoms with Crippen molar-refractivity contribution in [1.29, 1.82) is 0 Å². The largest absolute Gasteiger partial charge is 0.385 e. The maximum absolute atomic E-state index is 5.39. The normalized spacial score (nSPS) is 10.6. The first-order valence-corrected chi connectivity index (χ1v) is 5.48. The summed E-state index contributed by atoms with van der Waals surface area (Å²) >= 11 is 0. The molecule has 0 fully saturated rings. The highest BCUT2D eigenvalue weighted by Gasteiger charge is 1.90. The Morgan fingerprint density at radius 2 is 1.38 bits per heavy atom. The molecule has 0 saturated carbocycles. The second-order valence-electron chi connectivity index (χ2n) is 3.37. The molecule has 80 valence electrons. The zero-order valence-electron chi connectivity index (χ0n) is 9.18. The highest BCUT2D eigenvalue weighted by molar-refractivity contribution is 4.43. The molecule has 0 aliphatic rings. The number of hydrogen-bond acceptors (Lipinski definition) is 2. The van der Waals surface area contributed by atoms with Crippen LogP contribution < -0.4 is 0 Å². The Labute approximate surface area is 82.6 Å². The summed E-state index contributed by atoms with van der Waals surface area (Å²) in [6.07, 6.45) is 7.46. The lowest BCUT2D eigenvalue weighted by Crippen LogP contribution is -1.95. The summed E-state index contributed by atoms with van der Waals surface area (Å²) in [6.45, 7) is 4.92. The molecule has 0 aliphatic heterocycles. The van der Waals surface area contributed by atoms with Gasteiger partial charge in [0, 0.05) is 26.9 Å². The molecule has 0 radical (unpaired) electrons. The van der Waals surface area contributed by atoms with Crippen molar-refractivity contribution in [2.45, 2.75) is 45.4 Å². The Morgan fingerprint density at radius 1 is 0.769 bits per heavy atom. The van der Waals surface area contributed by atoms with Crippen molar-refractivity contribution in [3.8, 4) is 0 Å². The van der Waals surface area contributed by atoms with E-state index in [1.54, 1.807) is 7.11 Å². The van der Waals surface area contributed by atoms with Gasteiger partial charge in [0.2, 0.25) is 0 Å². The molecule has 0 atom stereocenters. The molecule has 0 rings (SSSR count). The number of rotatable bonds is 10. The van der Waals surface area contributed by atoms with Crippen molar-refractivity contribution < 1.29 is 9.47 Å². The van der Waals surface area contributed by atoms with Crippen LogP contribution in [0.15, 0.2) is 0 Å². The summed E-state index contributed by atoms with van der Waals surface area (Å²) in [7, 11) is 1.76. The fourth-order valence-corrected chi connectivity index (χ4v) is 1.23. The predicted molar refractivity (Wildman–Crippen MR) is 56.1 cm³/mol. The van der Waals surface area contributed by atoms with Gasteiger partial charge in [0.1, 0.15) is 0 Å². The van der Waals surface area contributed by atoms with Crippen molar-refractivity contribution >= 4 is 0 Å². The summed E-state index contributed by atoms with van der Waals surface area (Å²) in [5.74, 6) is 0. The van der Waals surface area contributed by atoms with Gasteiger partial charge in [0.25, 0.3) is 0 Å². The van der Waals surface area contributed by atoms with Crippen LogP contribution in [0.25, 0.3) is 0 Å². The summed E-state index contributed by atoms with van der Waals surface area (Å²) in [5, 5.41) is 0. The highest BCUT2D eigenvalue weighted by atomic mass is 16.5. The lowest BCUT2D eigenvalue weighted by molar-refractivity contribution is 0.130. The lowest BCUT2D eigenvalue weighted by Gasteiger charge is -2.02. The summed E-state index contributed by atoms with van der Waals surface area (Å²) in [5.41, 5.74) is 0. The van der Waals surface area contributed by atoms with Crippen LogP contribution in [-0.4, -0.2) is 26.9 Å². The van der Waals surface area contributed by atoms with Gasteiger partial charge in [-0.2, -0.15) is 0 Å². The Bertz CT molecular complexity index is 74.2. The average Bonchev–Trinajstić information content (AvgIpc) is 2.16. The van der Waals surface area contributed by atoms with E-state index in [4.69, 9.17) is 9.47 Å². The molecule has 0 bridgehead atoms. The molecular formula is C11H24O2. The minimum Gasteiger partial charge on any atom is -0.385 e. The van der Waals surface area contributed by atoms with Gasteiger partial charge in [-0.3, -0.25) is 0 Å². The molecule has 13 heavy (non-hydrogen) atoms. The van der Waals surface area contributed by atoms with Gasteiger partial charge in [-0.25, -0.2) is 0 Å². The first-order valence-electron chi connectivity index (χ1n) is 5.48. The number of methoxy groups -OCH3 is 1. The van der Waals surface area contributed by atoms with Crippen LogP contribution >= 0.6 is 0 Å². The summed E-state index contributed by atoms with van der Waals surface area (Å²) < 4.78 is 10.4. The molecule has 0 saturated heterocycles. The van der Waals surface area contributed by atoms with Crippen LogP contribution in [0.1, 0.15) is 45.4 Å². The molecule has 0 aliphatic carbocycles. The third kappa shape index (κ3) is 11.9. The van der Waals surface area contributed by atoms with E-state index in [-0.39, 0.29) is 0 Å². The SMILES string of the molecule is CCCOCCCCCCCOC. The molecule has 0 heterocycles. The number of hydrogen-bond donors (Lipinski definition) is 0. The Hall–Kier alpha value is -0.0800. The van der Waals surface area contributed by atoms with Gasteiger partial charge in [0.15, 0.2) is 0 Å². The van der Waals surface area contributed by atoms with Crippen LogP contribution in [0.5, 0.6) is 0 Å². The van der Waals surface area contributed by atoms with E-state index in [0.717, 1.165) is 26.2 Å². The second-order valence-corrected chi connectivity index (χ2v) is 3.37. The topological polar surface area (TPSA) is 18.5 Å². The predicted octanol–water partition coefficient (Wildman–Crippen LogP) is 3.01. The number of unbranched alkanes of at least 4 members (excludes halogenated alkanes) is 4. The van der Waals surface area contributed by atoms with Crippen LogP contribution in [-0.2, 0) is 9.47 Å². The molecule has 0 amide bonds. The second kappa shape index (κ2) is 11.9. The van der Waals surface area contributed by atoms with Crippen molar-refractivity contribution in [1.82, 2.24) is 0 Å².